The average Bonchev–Trinajstić information content (AvgIpc) is 3.09. The Morgan fingerprint density at radius 2 is 1.93 bits per heavy atom. The van der Waals surface area contributed by atoms with Crippen molar-refractivity contribution in [3.63, 3.8) is 0 Å². The summed E-state index contributed by atoms with van der Waals surface area (Å²) in [7, 11) is 0. The van der Waals surface area contributed by atoms with Gasteiger partial charge < -0.3 is 15.0 Å². The highest BCUT2D eigenvalue weighted by Crippen LogP contribution is 2.34. The Labute approximate surface area is 176 Å². The van der Waals surface area contributed by atoms with Crippen LogP contribution in [-0.4, -0.2) is 25.0 Å². The van der Waals surface area contributed by atoms with E-state index in [1.165, 1.54) is 4.90 Å². The Kier molecular flexibility index (Phi) is 6.55. The summed E-state index contributed by atoms with van der Waals surface area (Å²) in [6.07, 6.45) is -3.73. The van der Waals surface area contributed by atoms with Crippen LogP contribution in [0.25, 0.3) is 0 Å². The molecule has 0 aliphatic carbocycles. The summed E-state index contributed by atoms with van der Waals surface area (Å²) in [5.41, 5.74) is -0.437. The standard InChI is InChI=1S/C21H20ClF3N2O3/c1-2-9-30-16-6-4-15(5-7-16)27-12-13(10-19(27)28)20(29)26-18-11-14(21(23,24)25)3-8-17(18)22/h3-8,11,13H,2,9-10,12H2,1H3,(H,26,29)/t13-/m0/s1. The first kappa shape index (κ1) is 22.0. The zero-order valence-electron chi connectivity index (χ0n) is 16.1. The maximum absolute atomic E-state index is 12.9. The van der Waals surface area contributed by atoms with E-state index in [4.69, 9.17) is 16.3 Å². The lowest BCUT2D eigenvalue weighted by Crippen LogP contribution is -2.28. The Balaban J connectivity index is 1.68. The molecule has 5 nitrogen and oxygen atoms in total. The second kappa shape index (κ2) is 8.95. The van der Waals surface area contributed by atoms with Gasteiger partial charge in [-0.2, -0.15) is 13.2 Å². The minimum Gasteiger partial charge on any atom is -0.494 e. The Morgan fingerprint density at radius 3 is 2.57 bits per heavy atom. The molecule has 0 saturated carbocycles. The molecule has 2 aromatic carbocycles. The number of hydrogen-bond acceptors (Lipinski definition) is 3. The summed E-state index contributed by atoms with van der Waals surface area (Å²) in [6.45, 7) is 2.70. The molecule has 30 heavy (non-hydrogen) atoms. The third-order valence-electron chi connectivity index (χ3n) is 4.67. The smallest absolute Gasteiger partial charge is 0.416 e. The van der Waals surface area contributed by atoms with Crippen LogP contribution in [0.5, 0.6) is 5.75 Å². The van der Waals surface area contributed by atoms with Gasteiger partial charge in [-0.05, 0) is 48.9 Å². The number of rotatable bonds is 6. The van der Waals surface area contributed by atoms with Gasteiger partial charge in [-0.1, -0.05) is 18.5 Å². The first-order chi connectivity index (χ1) is 14.2. The van der Waals surface area contributed by atoms with Crippen molar-refractivity contribution in [3.8, 4) is 5.75 Å². The topological polar surface area (TPSA) is 58.6 Å². The van der Waals surface area contributed by atoms with Crippen molar-refractivity contribution in [1.29, 1.82) is 0 Å². The van der Waals surface area contributed by atoms with Gasteiger partial charge in [0.05, 0.1) is 28.8 Å². The first-order valence-corrected chi connectivity index (χ1v) is 9.77. The van der Waals surface area contributed by atoms with Gasteiger partial charge in [0.25, 0.3) is 0 Å². The van der Waals surface area contributed by atoms with Crippen molar-refractivity contribution in [3.05, 3.63) is 53.1 Å². The van der Waals surface area contributed by atoms with E-state index in [0.717, 1.165) is 24.6 Å². The molecule has 0 bridgehead atoms. The van der Waals surface area contributed by atoms with E-state index in [1.54, 1.807) is 24.3 Å². The fourth-order valence-corrected chi connectivity index (χ4v) is 3.27. The van der Waals surface area contributed by atoms with Gasteiger partial charge in [-0.3, -0.25) is 9.59 Å². The molecule has 0 aromatic heterocycles. The predicted octanol–water partition coefficient (Wildman–Crippen LogP) is 5.14. The lowest BCUT2D eigenvalue weighted by Gasteiger charge is -2.18. The quantitative estimate of drug-likeness (QED) is 0.676. The number of amides is 2. The molecule has 1 fully saturated rings. The van der Waals surface area contributed by atoms with E-state index in [-0.39, 0.29) is 29.6 Å². The van der Waals surface area contributed by atoms with Crippen molar-refractivity contribution < 1.29 is 27.5 Å². The largest absolute Gasteiger partial charge is 0.494 e. The fourth-order valence-electron chi connectivity index (χ4n) is 3.11. The fraction of sp³-hybridized carbons (Fsp3) is 0.333. The van der Waals surface area contributed by atoms with Gasteiger partial charge in [-0.15, -0.1) is 0 Å². The normalized spacial score (nSPS) is 16.6. The van der Waals surface area contributed by atoms with E-state index < -0.39 is 23.6 Å². The van der Waals surface area contributed by atoms with Gasteiger partial charge in [-0.25, -0.2) is 0 Å². The lowest BCUT2D eigenvalue weighted by molar-refractivity contribution is -0.137. The molecule has 1 heterocycles. The SMILES string of the molecule is CCCOc1ccc(N2C[C@@H](C(=O)Nc3cc(C(F)(F)F)ccc3Cl)CC2=O)cc1. The number of anilines is 2. The van der Waals surface area contributed by atoms with Crippen LogP contribution in [-0.2, 0) is 15.8 Å². The number of benzene rings is 2. The number of halogens is 4. The third kappa shape index (κ3) is 5.05. The molecule has 1 aliphatic heterocycles. The second-order valence-electron chi connectivity index (χ2n) is 6.93. The molecule has 160 valence electrons. The molecule has 1 saturated heterocycles. The van der Waals surface area contributed by atoms with Crippen molar-refractivity contribution in [1.82, 2.24) is 0 Å². The minimum atomic E-state index is -4.56. The van der Waals surface area contributed by atoms with Crippen LogP contribution in [0.15, 0.2) is 42.5 Å². The summed E-state index contributed by atoms with van der Waals surface area (Å²) in [5.74, 6) is -0.831. The zero-order chi connectivity index (χ0) is 21.9. The lowest BCUT2D eigenvalue weighted by atomic mass is 10.1. The molecule has 1 N–H and O–H groups in total. The van der Waals surface area contributed by atoms with Crippen molar-refractivity contribution in [2.45, 2.75) is 25.9 Å². The van der Waals surface area contributed by atoms with Crippen LogP contribution in [0.1, 0.15) is 25.3 Å². The molecule has 2 aromatic rings. The molecular formula is C21H20ClF3N2O3. The Morgan fingerprint density at radius 1 is 1.23 bits per heavy atom. The number of carbonyl (C=O) groups is 2. The van der Waals surface area contributed by atoms with Crippen LogP contribution in [0.2, 0.25) is 5.02 Å². The van der Waals surface area contributed by atoms with Crippen LogP contribution < -0.4 is 15.0 Å². The minimum absolute atomic E-state index is 0.0137. The molecule has 1 atom stereocenters. The van der Waals surface area contributed by atoms with Crippen LogP contribution >= 0.6 is 11.6 Å². The molecule has 3 rings (SSSR count). The second-order valence-corrected chi connectivity index (χ2v) is 7.34. The molecular weight excluding hydrogens is 421 g/mol. The summed E-state index contributed by atoms with van der Waals surface area (Å²) < 4.78 is 44.2. The number of alkyl halides is 3. The van der Waals surface area contributed by atoms with Crippen LogP contribution in [0.4, 0.5) is 24.5 Å². The maximum atomic E-state index is 12.9. The molecule has 2 amide bonds. The zero-order valence-corrected chi connectivity index (χ0v) is 16.9. The Hall–Kier alpha value is -2.74. The number of nitrogens with one attached hydrogen (secondary N) is 1. The highest BCUT2D eigenvalue weighted by Gasteiger charge is 2.36. The van der Waals surface area contributed by atoms with Crippen LogP contribution in [0, 0.1) is 5.92 Å². The highest BCUT2D eigenvalue weighted by atomic mass is 35.5. The molecule has 0 radical (unpaired) electrons. The molecule has 9 heteroatoms. The summed E-state index contributed by atoms with van der Waals surface area (Å²) in [6, 6.07) is 9.65. The van der Waals surface area contributed by atoms with E-state index in [1.807, 2.05) is 6.92 Å². The third-order valence-corrected chi connectivity index (χ3v) is 5.00. The van der Waals surface area contributed by atoms with E-state index in [2.05, 4.69) is 5.32 Å². The molecule has 0 unspecified atom stereocenters. The van der Waals surface area contributed by atoms with Crippen LogP contribution in [0.3, 0.4) is 0 Å². The summed E-state index contributed by atoms with van der Waals surface area (Å²) in [4.78, 5) is 26.4. The molecule has 0 spiro atoms. The maximum Gasteiger partial charge on any atom is 0.416 e. The Bertz CT molecular complexity index is 932. The number of carbonyl (C=O) groups excluding carboxylic acids is 2. The van der Waals surface area contributed by atoms with Gasteiger partial charge in [0.15, 0.2) is 0 Å². The number of nitrogens with zero attached hydrogens (tertiary/aromatic N) is 1. The first-order valence-electron chi connectivity index (χ1n) is 9.40. The van der Waals surface area contributed by atoms with E-state index >= 15 is 0 Å². The predicted molar refractivity (Wildman–Crippen MR) is 108 cm³/mol. The summed E-state index contributed by atoms with van der Waals surface area (Å²) >= 11 is 5.93. The van der Waals surface area contributed by atoms with Crippen molar-refractivity contribution in [2.75, 3.05) is 23.4 Å². The summed E-state index contributed by atoms with van der Waals surface area (Å²) in [5, 5.41) is 2.41. The van der Waals surface area contributed by atoms with Crippen molar-refractivity contribution >= 4 is 34.8 Å². The average molecular weight is 441 g/mol. The van der Waals surface area contributed by atoms with Gasteiger partial charge in [0.1, 0.15) is 5.75 Å². The van der Waals surface area contributed by atoms with Gasteiger partial charge in [0, 0.05) is 18.7 Å². The monoisotopic (exact) mass is 440 g/mol. The number of hydrogen-bond donors (Lipinski definition) is 1. The van der Waals surface area contributed by atoms with E-state index in [0.29, 0.717) is 18.0 Å². The van der Waals surface area contributed by atoms with Gasteiger partial charge in [0.2, 0.25) is 11.8 Å². The van der Waals surface area contributed by atoms with E-state index in [9.17, 15) is 22.8 Å². The number of ether oxygens (including phenoxy) is 1. The van der Waals surface area contributed by atoms with Crippen molar-refractivity contribution in [2.24, 2.45) is 5.92 Å². The highest BCUT2D eigenvalue weighted by molar-refractivity contribution is 6.33. The molecule has 1 aliphatic rings. The van der Waals surface area contributed by atoms with Gasteiger partial charge >= 0.3 is 6.18 Å².